The van der Waals surface area contributed by atoms with Crippen molar-refractivity contribution in [2.45, 2.75) is 19.9 Å². The van der Waals surface area contributed by atoms with Gasteiger partial charge >= 0.3 is 0 Å². The molecule has 2 rings (SSSR count). The first kappa shape index (κ1) is 16.2. The summed E-state index contributed by atoms with van der Waals surface area (Å²) in [5.74, 6) is 0.0432. The normalized spacial score (nSPS) is 10.4. The van der Waals surface area contributed by atoms with E-state index < -0.39 is 0 Å². The van der Waals surface area contributed by atoms with Gasteiger partial charge in [0.2, 0.25) is 5.91 Å². The SMILES string of the molecule is CCOCC(=O)N(CCc1ccccc1)Cc1ccccc1. The Morgan fingerprint density at radius 3 is 2.14 bits per heavy atom. The molecule has 0 heterocycles. The van der Waals surface area contributed by atoms with Crippen LogP contribution in [0.5, 0.6) is 0 Å². The lowest BCUT2D eigenvalue weighted by Gasteiger charge is -2.23. The van der Waals surface area contributed by atoms with E-state index in [4.69, 9.17) is 4.74 Å². The number of amides is 1. The van der Waals surface area contributed by atoms with Gasteiger partial charge < -0.3 is 9.64 Å². The van der Waals surface area contributed by atoms with E-state index in [1.54, 1.807) is 0 Å². The maximum Gasteiger partial charge on any atom is 0.248 e. The van der Waals surface area contributed by atoms with Crippen molar-refractivity contribution in [1.82, 2.24) is 4.90 Å². The van der Waals surface area contributed by atoms with Crippen LogP contribution in [0.2, 0.25) is 0 Å². The van der Waals surface area contributed by atoms with Crippen LogP contribution in [0.25, 0.3) is 0 Å². The molecule has 22 heavy (non-hydrogen) atoms. The van der Waals surface area contributed by atoms with Gasteiger partial charge in [-0.3, -0.25) is 4.79 Å². The highest BCUT2D eigenvalue weighted by Gasteiger charge is 2.14. The van der Waals surface area contributed by atoms with Gasteiger partial charge in [0.1, 0.15) is 6.61 Å². The number of hydrogen-bond donors (Lipinski definition) is 0. The second-order valence-corrected chi connectivity index (χ2v) is 5.17. The van der Waals surface area contributed by atoms with E-state index in [9.17, 15) is 4.79 Å². The number of carbonyl (C=O) groups is 1. The van der Waals surface area contributed by atoms with Crippen molar-refractivity contribution in [3.63, 3.8) is 0 Å². The molecule has 0 unspecified atom stereocenters. The van der Waals surface area contributed by atoms with Crippen LogP contribution in [0, 0.1) is 0 Å². The molecule has 116 valence electrons. The lowest BCUT2D eigenvalue weighted by atomic mass is 10.1. The fraction of sp³-hybridized carbons (Fsp3) is 0.316. The van der Waals surface area contributed by atoms with Crippen molar-refractivity contribution < 1.29 is 9.53 Å². The van der Waals surface area contributed by atoms with Gasteiger partial charge in [0, 0.05) is 19.7 Å². The van der Waals surface area contributed by atoms with Gasteiger partial charge in [-0.25, -0.2) is 0 Å². The molecular formula is C19H23NO2. The predicted octanol–water partition coefficient (Wildman–Crippen LogP) is 3.29. The maximum absolute atomic E-state index is 12.3. The Kier molecular flexibility index (Phi) is 6.65. The molecule has 0 aliphatic carbocycles. The minimum atomic E-state index is 0.0432. The average Bonchev–Trinajstić information content (AvgIpc) is 2.58. The highest BCUT2D eigenvalue weighted by molar-refractivity contribution is 5.77. The van der Waals surface area contributed by atoms with Crippen LogP contribution in [-0.2, 0) is 22.5 Å². The molecule has 0 aliphatic rings. The second-order valence-electron chi connectivity index (χ2n) is 5.17. The largest absolute Gasteiger partial charge is 0.372 e. The van der Waals surface area contributed by atoms with Crippen molar-refractivity contribution in [2.24, 2.45) is 0 Å². The number of ether oxygens (including phenoxy) is 1. The second kappa shape index (κ2) is 9.00. The third-order valence-electron chi connectivity index (χ3n) is 3.51. The summed E-state index contributed by atoms with van der Waals surface area (Å²) in [5.41, 5.74) is 2.38. The van der Waals surface area contributed by atoms with E-state index in [2.05, 4.69) is 12.1 Å². The molecule has 0 spiro atoms. The summed E-state index contributed by atoms with van der Waals surface area (Å²) in [7, 11) is 0. The molecule has 1 amide bonds. The molecule has 0 fully saturated rings. The third kappa shape index (κ3) is 5.34. The molecule has 0 aliphatic heterocycles. The van der Waals surface area contributed by atoms with Crippen molar-refractivity contribution >= 4 is 5.91 Å². The lowest BCUT2D eigenvalue weighted by Crippen LogP contribution is -2.35. The Balaban J connectivity index is 1.99. The van der Waals surface area contributed by atoms with Crippen LogP contribution >= 0.6 is 0 Å². The zero-order chi connectivity index (χ0) is 15.6. The zero-order valence-corrected chi connectivity index (χ0v) is 13.1. The molecule has 0 saturated carbocycles. The summed E-state index contributed by atoms with van der Waals surface area (Å²) in [6, 6.07) is 20.3. The lowest BCUT2D eigenvalue weighted by molar-refractivity contribution is -0.136. The molecule has 3 heteroatoms. The Morgan fingerprint density at radius 2 is 1.55 bits per heavy atom. The summed E-state index contributed by atoms with van der Waals surface area (Å²) in [4.78, 5) is 14.2. The summed E-state index contributed by atoms with van der Waals surface area (Å²) >= 11 is 0. The van der Waals surface area contributed by atoms with Crippen molar-refractivity contribution in [2.75, 3.05) is 19.8 Å². The van der Waals surface area contributed by atoms with E-state index in [-0.39, 0.29) is 12.5 Å². The fourth-order valence-electron chi connectivity index (χ4n) is 2.29. The third-order valence-corrected chi connectivity index (χ3v) is 3.51. The maximum atomic E-state index is 12.3. The Labute approximate surface area is 132 Å². The number of nitrogens with zero attached hydrogens (tertiary/aromatic N) is 1. The van der Waals surface area contributed by atoms with E-state index in [1.807, 2.05) is 60.4 Å². The van der Waals surface area contributed by atoms with E-state index in [0.717, 1.165) is 12.0 Å². The van der Waals surface area contributed by atoms with Gasteiger partial charge in [-0.05, 0) is 24.5 Å². The van der Waals surface area contributed by atoms with Crippen molar-refractivity contribution in [3.8, 4) is 0 Å². The zero-order valence-electron chi connectivity index (χ0n) is 13.1. The number of carbonyl (C=O) groups excluding carboxylic acids is 1. The standard InChI is InChI=1S/C19H23NO2/c1-2-22-16-19(21)20(15-18-11-7-4-8-12-18)14-13-17-9-5-3-6-10-17/h3-12H,2,13-16H2,1H3. The number of benzene rings is 2. The Hall–Kier alpha value is -2.13. The quantitative estimate of drug-likeness (QED) is 0.748. The van der Waals surface area contributed by atoms with Crippen LogP contribution in [0.4, 0.5) is 0 Å². The van der Waals surface area contributed by atoms with Crippen LogP contribution in [0.3, 0.4) is 0 Å². The first-order valence-corrected chi connectivity index (χ1v) is 7.73. The first-order chi connectivity index (χ1) is 10.8. The molecule has 0 N–H and O–H groups in total. The van der Waals surface area contributed by atoms with E-state index in [0.29, 0.717) is 19.7 Å². The summed E-state index contributed by atoms with van der Waals surface area (Å²) in [5, 5.41) is 0. The minimum Gasteiger partial charge on any atom is -0.372 e. The molecule has 0 radical (unpaired) electrons. The minimum absolute atomic E-state index is 0.0432. The Morgan fingerprint density at radius 1 is 0.955 bits per heavy atom. The number of hydrogen-bond acceptors (Lipinski definition) is 2. The van der Waals surface area contributed by atoms with Crippen LogP contribution < -0.4 is 0 Å². The fourth-order valence-corrected chi connectivity index (χ4v) is 2.29. The van der Waals surface area contributed by atoms with E-state index in [1.165, 1.54) is 5.56 Å². The molecular weight excluding hydrogens is 274 g/mol. The van der Waals surface area contributed by atoms with Crippen LogP contribution in [0.1, 0.15) is 18.1 Å². The molecule has 0 bridgehead atoms. The highest BCUT2D eigenvalue weighted by atomic mass is 16.5. The smallest absolute Gasteiger partial charge is 0.248 e. The summed E-state index contributed by atoms with van der Waals surface area (Å²) in [6.07, 6.45) is 0.853. The van der Waals surface area contributed by atoms with Crippen molar-refractivity contribution in [3.05, 3.63) is 71.8 Å². The average molecular weight is 297 g/mol. The highest BCUT2D eigenvalue weighted by Crippen LogP contribution is 2.08. The summed E-state index contributed by atoms with van der Waals surface area (Å²) < 4.78 is 5.27. The Bertz CT molecular complexity index is 554. The van der Waals surface area contributed by atoms with Gasteiger partial charge in [-0.1, -0.05) is 60.7 Å². The van der Waals surface area contributed by atoms with Gasteiger partial charge in [0.05, 0.1) is 0 Å². The van der Waals surface area contributed by atoms with Crippen LogP contribution in [0.15, 0.2) is 60.7 Å². The predicted molar refractivity (Wildman–Crippen MR) is 88.5 cm³/mol. The molecule has 0 aromatic heterocycles. The van der Waals surface area contributed by atoms with Crippen molar-refractivity contribution in [1.29, 1.82) is 0 Å². The molecule has 0 atom stereocenters. The molecule has 2 aromatic rings. The van der Waals surface area contributed by atoms with Gasteiger partial charge in [0.15, 0.2) is 0 Å². The topological polar surface area (TPSA) is 29.5 Å². The monoisotopic (exact) mass is 297 g/mol. The van der Waals surface area contributed by atoms with Gasteiger partial charge in [-0.15, -0.1) is 0 Å². The molecule has 0 saturated heterocycles. The van der Waals surface area contributed by atoms with Crippen LogP contribution in [-0.4, -0.2) is 30.6 Å². The molecule has 2 aromatic carbocycles. The van der Waals surface area contributed by atoms with E-state index >= 15 is 0 Å². The van der Waals surface area contributed by atoms with Gasteiger partial charge in [-0.2, -0.15) is 0 Å². The number of rotatable bonds is 8. The van der Waals surface area contributed by atoms with Gasteiger partial charge in [0.25, 0.3) is 0 Å². The molecule has 3 nitrogen and oxygen atoms in total. The summed E-state index contributed by atoms with van der Waals surface area (Å²) in [6.45, 7) is 3.94. The first-order valence-electron chi connectivity index (χ1n) is 7.73.